The number of anilines is 1. The number of amides is 1. The molecule has 12 heteroatoms. The summed E-state index contributed by atoms with van der Waals surface area (Å²) in [6, 6.07) is 5.96. The molecule has 1 fully saturated rings. The number of halogens is 6. The molecule has 0 spiro atoms. The van der Waals surface area contributed by atoms with Crippen LogP contribution < -0.4 is 10.6 Å². The summed E-state index contributed by atoms with van der Waals surface area (Å²) in [5.74, 6) is -0.236. The lowest BCUT2D eigenvalue weighted by Crippen LogP contribution is -2.40. The second-order valence-electron chi connectivity index (χ2n) is 7.79. The van der Waals surface area contributed by atoms with E-state index in [4.69, 9.17) is 0 Å². The number of alkyl halides is 6. The zero-order chi connectivity index (χ0) is 23.8. The fourth-order valence-corrected chi connectivity index (χ4v) is 4.65. The van der Waals surface area contributed by atoms with Gasteiger partial charge in [-0.1, -0.05) is 6.07 Å². The highest BCUT2D eigenvalue weighted by atomic mass is 32.1. The van der Waals surface area contributed by atoms with Crippen LogP contribution in [-0.4, -0.2) is 28.0 Å². The number of nitrogens with zero attached hydrogens (tertiary/aromatic N) is 2. The molecule has 2 N–H and O–H groups in total. The zero-order valence-electron chi connectivity index (χ0n) is 16.9. The Labute approximate surface area is 188 Å². The van der Waals surface area contributed by atoms with E-state index < -0.39 is 23.7 Å². The smallest absolute Gasteiger partial charge is 0.382 e. The molecular weight excluding hydrogens is 470 g/mol. The van der Waals surface area contributed by atoms with Crippen LogP contribution in [0.15, 0.2) is 35.8 Å². The summed E-state index contributed by atoms with van der Waals surface area (Å²) in [4.78, 5) is 19.6. The Morgan fingerprint density at radius 1 is 0.939 bits per heavy atom. The molecule has 5 nitrogen and oxygen atoms in total. The first-order chi connectivity index (χ1) is 15.5. The predicted molar refractivity (Wildman–Crippen MR) is 111 cm³/mol. The van der Waals surface area contributed by atoms with E-state index in [1.165, 1.54) is 11.3 Å². The Kier molecular flexibility index (Phi) is 6.21. The molecule has 0 saturated heterocycles. The van der Waals surface area contributed by atoms with Crippen molar-refractivity contribution in [2.24, 2.45) is 0 Å². The summed E-state index contributed by atoms with van der Waals surface area (Å²) in [5, 5.41) is 5.74. The van der Waals surface area contributed by atoms with E-state index >= 15 is 0 Å². The third-order valence-electron chi connectivity index (χ3n) is 5.44. The molecule has 0 radical (unpaired) electrons. The molecule has 33 heavy (non-hydrogen) atoms. The maximum absolute atomic E-state index is 13.0. The maximum atomic E-state index is 13.0. The molecule has 1 aliphatic rings. The first-order valence-corrected chi connectivity index (χ1v) is 10.9. The number of hydrogen-bond acceptors (Lipinski definition) is 5. The van der Waals surface area contributed by atoms with Gasteiger partial charge < -0.3 is 10.6 Å². The molecule has 176 valence electrons. The van der Waals surface area contributed by atoms with Crippen LogP contribution in [0.5, 0.6) is 0 Å². The van der Waals surface area contributed by atoms with Crippen molar-refractivity contribution in [1.29, 1.82) is 0 Å². The average Bonchev–Trinajstić information content (AvgIpc) is 3.22. The van der Waals surface area contributed by atoms with Crippen molar-refractivity contribution < 1.29 is 31.1 Å². The monoisotopic (exact) mass is 488 g/mol. The highest BCUT2D eigenvalue weighted by molar-refractivity contribution is 7.17. The van der Waals surface area contributed by atoms with Crippen LogP contribution in [0.4, 0.5) is 32.0 Å². The molecule has 2 heterocycles. The van der Waals surface area contributed by atoms with Gasteiger partial charge in [0.05, 0.1) is 21.3 Å². The van der Waals surface area contributed by atoms with Crippen LogP contribution in [0.3, 0.4) is 0 Å². The number of thiazole rings is 1. The SMILES string of the molecule is O=C(NC1CCC(Nc2cc(C(F)(F)F)nc(C(F)(F)F)c2)CC1)c1cccc2ncsc12. The second kappa shape index (κ2) is 8.81. The van der Waals surface area contributed by atoms with Crippen molar-refractivity contribution >= 4 is 33.1 Å². The van der Waals surface area contributed by atoms with Gasteiger partial charge in [0.25, 0.3) is 5.91 Å². The van der Waals surface area contributed by atoms with Gasteiger partial charge in [0, 0.05) is 17.8 Å². The Bertz CT molecular complexity index is 1120. The van der Waals surface area contributed by atoms with Crippen molar-refractivity contribution in [3.8, 4) is 0 Å². The molecule has 4 rings (SSSR count). The quantitative estimate of drug-likeness (QED) is 0.450. The van der Waals surface area contributed by atoms with Gasteiger partial charge in [-0.15, -0.1) is 11.3 Å². The number of carbonyl (C=O) groups is 1. The summed E-state index contributed by atoms with van der Waals surface area (Å²) in [7, 11) is 0. The van der Waals surface area contributed by atoms with Crippen LogP contribution in [0.1, 0.15) is 47.4 Å². The molecular formula is C21H18F6N4OS. The minimum absolute atomic E-state index is 0.146. The molecule has 0 atom stereocenters. The van der Waals surface area contributed by atoms with E-state index in [0.29, 0.717) is 43.4 Å². The van der Waals surface area contributed by atoms with Gasteiger partial charge in [-0.25, -0.2) is 9.97 Å². The van der Waals surface area contributed by atoms with Gasteiger partial charge in [-0.3, -0.25) is 4.79 Å². The number of benzene rings is 1. The van der Waals surface area contributed by atoms with Crippen LogP contribution in [0.25, 0.3) is 10.2 Å². The lowest BCUT2D eigenvalue weighted by Gasteiger charge is -2.30. The number of fused-ring (bicyclic) bond motifs is 1. The van der Waals surface area contributed by atoms with Crippen LogP contribution in [-0.2, 0) is 12.4 Å². The third-order valence-corrected chi connectivity index (χ3v) is 6.32. The van der Waals surface area contributed by atoms with E-state index in [0.717, 1.165) is 10.2 Å². The third kappa shape index (κ3) is 5.37. The Morgan fingerprint density at radius 2 is 1.55 bits per heavy atom. The summed E-state index contributed by atoms with van der Waals surface area (Å²) >= 11 is 1.36. The molecule has 3 aromatic rings. The van der Waals surface area contributed by atoms with E-state index in [-0.39, 0.29) is 23.7 Å². The molecule has 0 aliphatic heterocycles. The highest BCUT2D eigenvalue weighted by Gasteiger charge is 2.39. The lowest BCUT2D eigenvalue weighted by molar-refractivity contribution is -0.150. The van der Waals surface area contributed by atoms with Crippen molar-refractivity contribution in [2.75, 3.05) is 5.32 Å². The Hall–Kier alpha value is -2.89. The number of nitrogens with one attached hydrogen (secondary N) is 2. The minimum Gasteiger partial charge on any atom is -0.382 e. The van der Waals surface area contributed by atoms with Crippen molar-refractivity contribution in [3.63, 3.8) is 0 Å². The number of rotatable bonds is 4. The maximum Gasteiger partial charge on any atom is 0.433 e. The molecule has 1 aromatic carbocycles. The fraction of sp³-hybridized carbons (Fsp3) is 0.381. The standard InChI is InChI=1S/C21H18F6N4OS/c22-20(23,24)16-8-13(9-17(31-16)21(25,26)27)29-11-4-6-12(7-5-11)30-19(32)14-2-1-3-15-18(14)33-10-28-15/h1-3,8-12H,4-7H2,(H,29,31)(H,30,32). The number of carbonyl (C=O) groups excluding carboxylic acids is 1. The first-order valence-electron chi connectivity index (χ1n) is 10.1. The van der Waals surface area contributed by atoms with Crippen molar-refractivity contribution in [2.45, 2.75) is 50.1 Å². The molecule has 0 bridgehead atoms. The minimum atomic E-state index is -5.00. The van der Waals surface area contributed by atoms with Gasteiger partial charge in [0.15, 0.2) is 0 Å². The molecule has 1 saturated carbocycles. The van der Waals surface area contributed by atoms with E-state index in [1.54, 1.807) is 17.6 Å². The Balaban J connectivity index is 1.39. The zero-order valence-corrected chi connectivity index (χ0v) is 17.7. The highest BCUT2D eigenvalue weighted by Crippen LogP contribution is 2.36. The summed E-state index contributed by atoms with van der Waals surface area (Å²) < 4.78 is 78.8. The summed E-state index contributed by atoms with van der Waals surface area (Å²) in [5.41, 5.74) is -0.572. The van der Waals surface area contributed by atoms with Gasteiger partial charge in [0.2, 0.25) is 0 Å². The summed E-state index contributed by atoms with van der Waals surface area (Å²) in [6.07, 6.45) is -7.99. The van der Waals surface area contributed by atoms with Crippen LogP contribution in [0.2, 0.25) is 0 Å². The normalized spacial score (nSPS) is 19.5. The fourth-order valence-electron chi connectivity index (χ4n) is 3.85. The molecule has 2 aromatic heterocycles. The molecule has 1 amide bonds. The summed E-state index contributed by atoms with van der Waals surface area (Å²) in [6.45, 7) is 0. The number of aromatic nitrogens is 2. The van der Waals surface area contributed by atoms with Crippen molar-refractivity contribution in [3.05, 3.63) is 52.8 Å². The second-order valence-corrected chi connectivity index (χ2v) is 8.65. The van der Waals surface area contributed by atoms with Gasteiger partial charge in [0.1, 0.15) is 11.4 Å². The Morgan fingerprint density at radius 3 is 2.15 bits per heavy atom. The largest absolute Gasteiger partial charge is 0.433 e. The number of pyridine rings is 1. The average molecular weight is 488 g/mol. The lowest BCUT2D eigenvalue weighted by atomic mass is 9.90. The van der Waals surface area contributed by atoms with Gasteiger partial charge in [-0.05, 0) is 49.9 Å². The van der Waals surface area contributed by atoms with Crippen molar-refractivity contribution in [1.82, 2.24) is 15.3 Å². The van der Waals surface area contributed by atoms with Crippen LogP contribution >= 0.6 is 11.3 Å². The topological polar surface area (TPSA) is 66.9 Å². The molecule has 0 unspecified atom stereocenters. The molecule has 1 aliphatic carbocycles. The van der Waals surface area contributed by atoms with E-state index in [2.05, 4.69) is 20.6 Å². The predicted octanol–water partition coefficient (Wildman–Crippen LogP) is 5.88. The number of hydrogen-bond donors (Lipinski definition) is 2. The first kappa shape index (κ1) is 23.3. The van der Waals surface area contributed by atoms with Gasteiger partial charge >= 0.3 is 12.4 Å². The van der Waals surface area contributed by atoms with Gasteiger partial charge in [-0.2, -0.15) is 26.3 Å². The van der Waals surface area contributed by atoms with E-state index in [9.17, 15) is 31.1 Å². The van der Waals surface area contributed by atoms with E-state index in [1.807, 2.05) is 6.07 Å². The van der Waals surface area contributed by atoms with Crippen LogP contribution in [0, 0.1) is 0 Å².